The van der Waals surface area contributed by atoms with E-state index in [-0.39, 0.29) is 5.60 Å². The summed E-state index contributed by atoms with van der Waals surface area (Å²) in [5.74, 6) is -0.390. The van der Waals surface area contributed by atoms with Crippen molar-refractivity contribution in [2.24, 2.45) is 5.11 Å². The number of benzene rings is 1. The first-order chi connectivity index (χ1) is 11.8. The number of azide groups is 1. The summed E-state index contributed by atoms with van der Waals surface area (Å²) in [6, 6.07) is 7.62. The predicted molar refractivity (Wildman–Crippen MR) is 99.0 cm³/mol. The number of halogens is 1. The van der Waals surface area contributed by atoms with Crippen LogP contribution in [0.1, 0.15) is 39.2 Å². The molecule has 1 fully saturated rings. The molecular weight excluding hydrogens is 388 g/mol. The zero-order valence-corrected chi connectivity index (χ0v) is 16.2. The Morgan fingerprint density at radius 1 is 1.36 bits per heavy atom. The van der Waals surface area contributed by atoms with Crippen LogP contribution in [0.4, 0.5) is 0 Å². The molecule has 0 aromatic heterocycles. The molecule has 1 amide bonds. The van der Waals surface area contributed by atoms with E-state index in [1.165, 1.54) is 0 Å². The highest BCUT2D eigenvalue weighted by atomic mass is 79.9. The van der Waals surface area contributed by atoms with E-state index >= 15 is 0 Å². The number of nitrogens with one attached hydrogen (secondary N) is 1. The van der Waals surface area contributed by atoms with Gasteiger partial charge in [0.25, 0.3) is 6.47 Å². The lowest BCUT2D eigenvalue weighted by molar-refractivity contribution is -0.138. The molecule has 0 bridgehead atoms. The van der Waals surface area contributed by atoms with Crippen molar-refractivity contribution in [3.63, 3.8) is 0 Å². The molecule has 8 heteroatoms. The van der Waals surface area contributed by atoms with Crippen LogP contribution in [0.3, 0.4) is 0 Å². The fraction of sp³-hybridized carbons (Fsp3) is 0.529. The molecule has 0 radical (unpaired) electrons. The summed E-state index contributed by atoms with van der Waals surface area (Å²) in [6.45, 7) is 7.41. The topological polar surface area (TPSA) is 104 Å². The maximum Gasteiger partial charge on any atom is 0.293 e. The summed E-state index contributed by atoms with van der Waals surface area (Å²) in [5, 5.41) is 6.55. The summed E-state index contributed by atoms with van der Waals surface area (Å²) >= 11 is 3.48. The van der Waals surface area contributed by atoms with Gasteiger partial charge >= 0.3 is 0 Å². The van der Waals surface area contributed by atoms with Crippen LogP contribution in [-0.2, 0) is 19.7 Å². The highest BCUT2D eigenvalue weighted by molar-refractivity contribution is 9.10. The zero-order chi connectivity index (χ0) is 18.9. The van der Waals surface area contributed by atoms with Gasteiger partial charge in [-0.25, -0.2) is 0 Å². The normalized spacial score (nSPS) is 15.8. The van der Waals surface area contributed by atoms with Crippen LogP contribution in [0.5, 0.6) is 0 Å². The first-order valence-electron chi connectivity index (χ1n) is 7.93. The molecule has 1 aliphatic heterocycles. The molecule has 7 nitrogen and oxygen atoms in total. The van der Waals surface area contributed by atoms with Crippen molar-refractivity contribution >= 4 is 28.3 Å². The van der Waals surface area contributed by atoms with Crippen molar-refractivity contribution in [3.05, 3.63) is 44.7 Å². The molecule has 1 aromatic carbocycles. The third-order valence-corrected chi connectivity index (χ3v) is 4.48. The van der Waals surface area contributed by atoms with Gasteiger partial charge in [0, 0.05) is 9.38 Å². The number of piperidine rings is 1. The average Bonchev–Trinajstić information content (AvgIpc) is 2.55. The van der Waals surface area contributed by atoms with Gasteiger partial charge < -0.3 is 10.1 Å². The van der Waals surface area contributed by atoms with Gasteiger partial charge in [0.15, 0.2) is 0 Å². The molecule has 0 spiro atoms. The maximum atomic E-state index is 12.2. The molecule has 1 aromatic rings. The monoisotopic (exact) mass is 410 g/mol. The second kappa shape index (κ2) is 9.56. The Hall–Kier alpha value is -1.89. The van der Waals surface area contributed by atoms with Gasteiger partial charge in [0.05, 0.1) is 5.41 Å². The van der Waals surface area contributed by atoms with E-state index < -0.39 is 11.3 Å². The van der Waals surface area contributed by atoms with Crippen LogP contribution in [0.25, 0.3) is 10.4 Å². The first kappa shape index (κ1) is 21.2. The van der Waals surface area contributed by atoms with Gasteiger partial charge in [0.2, 0.25) is 5.91 Å². The lowest BCUT2D eigenvalue weighted by atomic mass is 9.72. The predicted octanol–water partition coefficient (Wildman–Crippen LogP) is 3.87. The minimum absolute atomic E-state index is 0.318. The van der Waals surface area contributed by atoms with Gasteiger partial charge in [-0.15, -0.1) is 0 Å². The van der Waals surface area contributed by atoms with E-state index in [0.717, 1.165) is 23.1 Å². The second-order valence-corrected chi connectivity index (χ2v) is 7.49. The van der Waals surface area contributed by atoms with Crippen LogP contribution in [0, 0.1) is 0 Å². The molecule has 25 heavy (non-hydrogen) atoms. The highest BCUT2D eigenvalue weighted by Gasteiger charge is 2.41. The average molecular weight is 411 g/mol. The van der Waals surface area contributed by atoms with Crippen molar-refractivity contribution in [3.8, 4) is 0 Å². The Morgan fingerprint density at radius 2 is 1.96 bits per heavy atom. The number of carbonyl (C=O) groups excluding carboxylic acids is 2. The molecule has 1 heterocycles. The Morgan fingerprint density at radius 3 is 2.40 bits per heavy atom. The van der Waals surface area contributed by atoms with Crippen molar-refractivity contribution < 1.29 is 14.3 Å². The van der Waals surface area contributed by atoms with Gasteiger partial charge in [-0.2, -0.15) is 0 Å². The lowest BCUT2D eigenvalue weighted by Crippen LogP contribution is -2.45. The molecular formula is C17H23BrN4O3. The smallest absolute Gasteiger partial charge is 0.293 e. The van der Waals surface area contributed by atoms with E-state index in [1.807, 2.05) is 45.0 Å². The Bertz CT molecular complexity index is 646. The zero-order valence-electron chi connectivity index (χ0n) is 14.7. The first-order valence-corrected chi connectivity index (χ1v) is 8.73. The lowest BCUT2D eigenvalue weighted by Gasteiger charge is -2.36. The van der Waals surface area contributed by atoms with Gasteiger partial charge in [-0.1, -0.05) is 34.1 Å². The Balaban J connectivity index is 0.000000381. The van der Waals surface area contributed by atoms with E-state index in [0.29, 0.717) is 19.3 Å². The molecule has 1 aliphatic rings. The van der Waals surface area contributed by atoms with Gasteiger partial charge in [-0.3, -0.25) is 9.59 Å². The SMILES string of the molecule is CC(C)(C)OC=O.[N-]=[N+]=NC(=O)C1(c2ccccc2Br)CCNCC1. The Kier molecular flexibility index (Phi) is 8.09. The third-order valence-electron chi connectivity index (χ3n) is 3.79. The van der Waals surface area contributed by atoms with Crippen molar-refractivity contribution in [1.82, 2.24) is 5.32 Å². The van der Waals surface area contributed by atoms with E-state index in [1.54, 1.807) is 0 Å². The second-order valence-electron chi connectivity index (χ2n) is 6.63. The van der Waals surface area contributed by atoms with E-state index in [2.05, 4.69) is 36.0 Å². The Labute approximate surface area is 155 Å². The third kappa shape index (κ3) is 6.16. The van der Waals surface area contributed by atoms with Crippen molar-refractivity contribution in [1.29, 1.82) is 0 Å². The molecule has 0 unspecified atom stereocenters. The standard InChI is InChI=1S/C12H13BrN4O.C5H10O2/c13-10-4-2-1-3-9(10)12(11(18)16-17-14)5-7-15-8-6-12;1-5(2,3)7-4-6/h1-4,15H,5-8H2;4H,1-3H3. The quantitative estimate of drug-likeness (QED) is 0.353. The molecule has 1 N–H and O–H groups in total. The van der Waals surface area contributed by atoms with Gasteiger partial charge in [0.1, 0.15) is 5.60 Å². The fourth-order valence-corrected chi connectivity index (χ4v) is 3.25. The summed E-state index contributed by atoms with van der Waals surface area (Å²) in [7, 11) is 0. The largest absolute Gasteiger partial charge is 0.462 e. The highest BCUT2D eigenvalue weighted by Crippen LogP contribution is 2.38. The molecule has 0 aliphatic carbocycles. The number of ether oxygens (including phenoxy) is 1. The number of nitrogens with zero attached hydrogens (tertiary/aromatic N) is 3. The molecule has 0 atom stereocenters. The number of hydrogen-bond donors (Lipinski definition) is 1. The summed E-state index contributed by atoms with van der Waals surface area (Å²) in [6.07, 6.45) is 1.29. The van der Waals surface area contributed by atoms with Crippen molar-refractivity contribution in [2.45, 2.75) is 44.6 Å². The van der Waals surface area contributed by atoms with Crippen LogP contribution in [-0.4, -0.2) is 31.1 Å². The van der Waals surface area contributed by atoms with E-state index in [9.17, 15) is 9.59 Å². The van der Waals surface area contributed by atoms with Crippen LogP contribution >= 0.6 is 15.9 Å². The number of hydrogen-bond acceptors (Lipinski definition) is 4. The number of amides is 1. The molecule has 136 valence electrons. The minimum atomic E-state index is -0.697. The van der Waals surface area contributed by atoms with Crippen molar-refractivity contribution in [2.75, 3.05) is 13.1 Å². The molecule has 1 saturated heterocycles. The van der Waals surface area contributed by atoms with Crippen LogP contribution in [0.15, 0.2) is 33.9 Å². The maximum absolute atomic E-state index is 12.2. The van der Waals surface area contributed by atoms with E-state index in [4.69, 9.17) is 5.53 Å². The summed E-state index contributed by atoms with van der Waals surface area (Å²) in [5.41, 5.74) is 8.40. The summed E-state index contributed by atoms with van der Waals surface area (Å²) < 4.78 is 5.43. The number of rotatable bonds is 3. The van der Waals surface area contributed by atoms with Gasteiger partial charge in [-0.05, 0) is 69.0 Å². The molecule has 0 saturated carbocycles. The minimum Gasteiger partial charge on any atom is -0.462 e. The molecule has 2 rings (SSSR count). The number of carbonyl (C=O) groups is 2. The van der Waals surface area contributed by atoms with Crippen LogP contribution < -0.4 is 5.32 Å². The fourth-order valence-electron chi connectivity index (χ4n) is 2.58. The summed E-state index contributed by atoms with van der Waals surface area (Å²) in [4.78, 5) is 24.5. The van der Waals surface area contributed by atoms with Crippen LogP contribution in [0.2, 0.25) is 0 Å².